The van der Waals surface area contributed by atoms with E-state index >= 15 is 0 Å². The summed E-state index contributed by atoms with van der Waals surface area (Å²) in [5, 5.41) is -0.627. The van der Waals surface area contributed by atoms with E-state index in [2.05, 4.69) is 0 Å². The average molecular weight is 428 g/mol. The van der Waals surface area contributed by atoms with E-state index in [0.29, 0.717) is 6.54 Å². The molecule has 0 aliphatic carbocycles. The van der Waals surface area contributed by atoms with Gasteiger partial charge in [0.1, 0.15) is 21.8 Å². The topological polar surface area (TPSA) is 63.7 Å². The zero-order valence-corrected chi connectivity index (χ0v) is 17.5. The van der Waals surface area contributed by atoms with Crippen molar-refractivity contribution in [3.63, 3.8) is 0 Å². The number of halogens is 2. The van der Waals surface area contributed by atoms with Crippen molar-refractivity contribution in [1.29, 1.82) is 0 Å². The highest BCUT2D eigenvalue weighted by molar-refractivity contribution is 7.87. The number of rotatable bonds is 8. The number of hydrogen-bond donors (Lipinski definition) is 0. The lowest BCUT2D eigenvalue weighted by molar-refractivity contribution is -0.133. The predicted octanol–water partition coefficient (Wildman–Crippen LogP) is 4.35. The van der Waals surface area contributed by atoms with Crippen LogP contribution in [0.25, 0.3) is 0 Å². The molecule has 0 saturated heterocycles. The van der Waals surface area contributed by atoms with Crippen LogP contribution < -0.4 is 4.18 Å². The Kier molecular flexibility index (Phi) is 7.43. The fraction of sp³-hybridized carbons (Fsp3) is 0.350. The third kappa shape index (κ3) is 5.69. The van der Waals surface area contributed by atoms with Gasteiger partial charge in [-0.2, -0.15) is 8.42 Å². The summed E-state index contributed by atoms with van der Waals surface area (Å²) in [5.74, 6) is -0.564. The van der Waals surface area contributed by atoms with Crippen molar-refractivity contribution < 1.29 is 21.8 Å². The molecule has 0 radical (unpaired) electrons. The maximum absolute atomic E-state index is 13.0. The Labute approximate surface area is 170 Å². The minimum Gasteiger partial charge on any atom is -0.379 e. The maximum atomic E-state index is 13.0. The van der Waals surface area contributed by atoms with E-state index in [1.807, 2.05) is 13.8 Å². The highest BCUT2D eigenvalue weighted by Gasteiger charge is 2.23. The molecule has 2 atom stereocenters. The number of carbonyl (C=O) groups excluding carboxylic acids is 1. The number of benzene rings is 2. The Morgan fingerprint density at radius 1 is 1.11 bits per heavy atom. The molecule has 0 fully saturated rings. The molecular weight excluding hydrogens is 405 g/mol. The summed E-state index contributed by atoms with van der Waals surface area (Å²) >= 11 is 5.95. The summed E-state index contributed by atoms with van der Waals surface area (Å²) in [7, 11) is -4.06. The molecule has 0 aromatic heterocycles. The average Bonchev–Trinajstić information content (AvgIpc) is 2.66. The van der Waals surface area contributed by atoms with Crippen molar-refractivity contribution in [2.45, 2.75) is 50.1 Å². The van der Waals surface area contributed by atoms with Gasteiger partial charge in [0.2, 0.25) is 5.91 Å². The quantitative estimate of drug-likeness (QED) is 0.464. The molecule has 0 N–H and O–H groups in total. The highest BCUT2D eigenvalue weighted by atomic mass is 35.5. The van der Waals surface area contributed by atoms with Crippen LogP contribution in [-0.4, -0.2) is 30.6 Å². The van der Waals surface area contributed by atoms with Crippen molar-refractivity contribution >= 4 is 27.6 Å². The highest BCUT2D eigenvalue weighted by Crippen LogP contribution is 2.21. The van der Waals surface area contributed by atoms with Crippen molar-refractivity contribution in [3.8, 4) is 5.75 Å². The molecule has 28 heavy (non-hydrogen) atoms. The van der Waals surface area contributed by atoms with Crippen LogP contribution in [0.2, 0.25) is 0 Å². The molecule has 0 aliphatic rings. The van der Waals surface area contributed by atoms with Crippen LogP contribution in [-0.2, 0) is 21.5 Å². The van der Waals surface area contributed by atoms with Crippen LogP contribution in [0.4, 0.5) is 4.39 Å². The van der Waals surface area contributed by atoms with Gasteiger partial charge in [0.05, 0.1) is 0 Å². The molecule has 0 unspecified atom stereocenters. The molecule has 5 nitrogen and oxygen atoms in total. The minimum absolute atomic E-state index is 0.0171. The number of alkyl halides is 1. The Balaban J connectivity index is 2.14. The van der Waals surface area contributed by atoms with E-state index in [1.54, 1.807) is 24.0 Å². The van der Waals surface area contributed by atoms with Gasteiger partial charge in [-0.05, 0) is 62.2 Å². The summed E-state index contributed by atoms with van der Waals surface area (Å²) in [6, 6.07) is 10.8. The van der Waals surface area contributed by atoms with Crippen LogP contribution >= 0.6 is 11.6 Å². The summed E-state index contributed by atoms with van der Waals surface area (Å²) in [6.45, 7) is 5.93. The first kappa shape index (κ1) is 22.2. The molecule has 152 valence electrons. The minimum atomic E-state index is -4.06. The lowest BCUT2D eigenvalue weighted by Gasteiger charge is -2.29. The monoisotopic (exact) mass is 427 g/mol. The number of amides is 1. The van der Waals surface area contributed by atoms with Gasteiger partial charge in [0.15, 0.2) is 0 Å². The second kappa shape index (κ2) is 9.39. The summed E-state index contributed by atoms with van der Waals surface area (Å²) in [6.07, 6.45) is 0.784. The van der Waals surface area contributed by atoms with E-state index in [1.165, 1.54) is 12.1 Å². The van der Waals surface area contributed by atoms with Gasteiger partial charge in [-0.15, -0.1) is 11.6 Å². The van der Waals surface area contributed by atoms with Gasteiger partial charge in [0.25, 0.3) is 0 Å². The van der Waals surface area contributed by atoms with E-state index < -0.39 is 21.3 Å². The molecule has 0 aliphatic heterocycles. The zero-order valence-electron chi connectivity index (χ0n) is 15.9. The van der Waals surface area contributed by atoms with Crippen molar-refractivity contribution in [2.24, 2.45) is 0 Å². The Morgan fingerprint density at radius 2 is 1.68 bits per heavy atom. The molecule has 0 heterocycles. The van der Waals surface area contributed by atoms with Crippen molar-refractivity contribution in [2.75, 3.05) is 0 Å². The molecule has 0 spiro atoms. The van der Waals surface area contributed by atoms with Gasteiger partial charge in [-0.25, -0.2) is 4.39 Å². The van der Waals surface area contributed by atoms with E-state index in [0.717, 1.165) is 36.2 Å². The molecule has 8 heteroatoms. The van der Waals surface area contributed by atoms with Crippen LogP contribution in [0.1, 0.15) is 32.8 Å². The lowest BCUT2D eigenvalue weighted by atomic mass is 10.1. The van der Waals surface area contributed by atoms with Crippen LogP contribution in [0.15, 0.2) is 53.4 Å². The molecule has 2 aromatic carbocycles. The van der Waals surface area contributed by atoms with Gasteiger partial charge >= 0.3 is 10.1 Å². The van der Waals surface area contributed by atoms with Gasteiger partial charge in [-0.3, -0.25) is 4.79 Å². The van der Waals surface area contributed by atoms with Crippen molar-refractivity contribution in [1.82, 2.24) is 4.90 Å². The number of carbonyl (C=O) groups is 1. The molecule has 0 saturated carbocycles. The largest absolute Gasteiger partial charge is 0.379 e. The maximum Gasteiger partial charge on any atom is 0.339 e. The summed E-state index contributed by atoms with van der Waals surface area (Å²) < 4.78 is 42.6. The Bertz CT molecular complexity index is 899. The fourth-order valence-electron chi connectivity index (χ4n) is 2.52. The van der Waals surface area contributed by atoms with Gasteiger partial charge in [-0.1, -0.05) is 19.1 Å². The first-order valence-corrected chi connectivity index (χ1v) is 10.7. The Morgan fingerprint density at radius 3 is 2.18 bits per heavy atom. The molecule has 2 rings (SSSR count). The number of hydrogen-bond acceptors (Lipinski definition) is 4. The molecule has 0 bridgehead atoms. The second-order valence-corrected chi connectivity index (χ2v) is 8.68. The lowest BCUT2D eigenvalue weighted by Crippen LogP contribution is -2.41. The number of nitrogens with zero attached hydrogens (tertiary/aromatic N) is 1. The van der Waals surface area contributed by atoms with Crippen LogP contribution in [0.5, 0.6) is 5.75 Å². The summed E-state index contributed by atoms with van der Waals surface area (Å²) in [5.41, 5.74) is 0.817. The van der Waals surface area contributed by atoms with E-state index in [9.17, 15) is 17.6 Å². The third-order valence-electron chi connectivity index (χ3n) is 4.33. The first-order chi connectivity index (χ1) is 13.1. The van der Waals surface area contributed by atoms with Crippen LogP contribution in [0, 0.1) is 5.82 Å². The standard InChI is InChI=1S/C20H23ClFNO4S/c1-4-14(2)23(20(24)15(3)21)13-16-5-9-18(10-6-16)27-28(25,26)19-11-7-17(22)8-12-19/h5-12,14-15H,4,13H2,1-3H3/t14-,15-/m1/s1. The van der Waals surface area contributed by atoms with Gasteiger partial charge in [0, 0.05) is 12.6 Å². The molecule has 2 aromatic rings. The molecule has 1 amide bonds. The first-order valence-electron chi connectivity index (χ1n) is 8.87. The zero-order chi connectivity index (χ0) is 20.9. The predicted molar refractivity (Wildman–Crippen MR) is 106 cm³/mol. The second-order valence-electron chi connectivity index (χ2n) is 6.47. The van der Waals surface area contributed by atoms with Crippen molar-refractivity contribution in [3.05, 3.63) is 59.9 Å². The van der Waals surface area contributed by atoms with E-state index in [-0.39, 0.29) is 22.6 Å². The summed E-state index contributed by atoms with van der Waals surface area (Å²) in [4.78, 5) is 13.9. The van der Waals surface area contributed by atoms with Crippen LogP contribution in [0.3, 0.4) is 0 Å². The third-order valence-corrected chi connectivity index (χ3v) is 5.78. The SMILES string of the molecule is CC[C@@H](C)N(Cc1ccc(OS(=O)(=O)c2ccc(F)cc2)cc1)C(=O)[C@@H](C)Cl. The fourth-order valence-corrected chi connectivity index (χ4v) is 3.58. The molecular formula is C20H23ClFNO4S. The smallest absolute Gasteiger partial charge is 0.339 e. The normalized spacial score (nSPS) is 13.6. The van der Waals surface area contributed by atoms with Gasteiger partial charge < -0.3 is 9.08 Å². The Hall–Kier alpha value is -2.12. The van der Waals surface area contributed by atoms with E-state index in [4.69, 9.17) is 15.8 Å².